The molecule has 3 aromatic rings. The van der Waals surface area contributed by atoms with E-state index in [9.17, 15) is 4.79 Å². The second-order valence-electron chi connectivity index (χ2n) is 9.22. The van der Waals surface area contributed by atoms with Crippen molar-refractivity contribution in [3.63, 3.8) is 0 Å². The van der Waals surface area contributed by atoms with E-state index in [-0.39, 0.29) is 24.1 Å². The normalized spacial score (nSPS) is 20.6. The number of methoxy groups -OCH3 is 1. The van der Waals surface area contributed by atoms with Crippen molar-refractivity contribution in [2.45, 2.75) is 24.4 Å². The second kappa shape index (κ2) is 9.06. The summed E-state index contributed by atoms with van der Waals surface area (Å²) in [6.07, 6.45) is 2.51. The molecular weight excluding hydrogens is 462 g/mol. The van der Waals surface area contributed by atoms with E-state index >= 15 is 0 Å². The number of morpholine rings is 1. The molecule has 0 spiro atoms. The molecule has 0 radical (unpaired) electrons. The number of amides is 1. The summed E-state index contributed by atoms with van der Waals surface area (Å²) in [6.45, 7) is 1.26. The number of hydrogen-bond acceptors (Lipinski definition) is 4. The minimum Gasteiger partial charge on any atom is -0.495 e. The fourth-order valence-corrected chi connectivity index (χ4v) is 5.82. The molecule has 0 aromatic heterocycles. The Kier molecular flexibility index (Phi) is 5.75. The standard InChI is InChI=1S/C29H26ClNO4/c1-33-28-14-18(10-11-27(28)30)19-12-20-15-34-16-21(13-19)31(20)29(32)35-17-26-24-8-4-2-6-22(24)23-7-3-5-9-25(23)26/h2-12,14,20-21,26H,13,15-17H2,1H3. The van der Waals surface area contributed by atoms with E-state index in [0.29, 0.717) is 37.0 Å². The smallest absolute Gasteiger partial charge is 0.410 e. The number of halogens is 1. The summed E-state index contributed by atoms with van der Waals surface area (Å²) in [5.41, 5.74) is 7.08. The Balaban J connectivity index is 1.22. The zero-order valence-electron chi connectivity index (χ0n) is 19.4. The first-order chi connectivity index (χ1) is 17.1. The molecule has 5 nitrogen and oxygen atoms in total. The van der Waals surface area contributed by atoms with Crippen LogP contribution in [0.3, 0.4) is 0 Å². The van der Waals surface area contributed by atoms with Gasteiger partial charge in [-0.2, -0.15) is 0 Å². The summed E-state index contributed by atoms with van der Waals surface area (Å²) < 4.78 is 17.2. The van der Waals surface area contributed by atoms with Gasteiger partial charge in [0.1, 0.15) is 12.4 Å². The van der Waals surface area contributed by atoms with Gasteiger partial charge in [0.05, 0.1) is 37.4 Å². The highest BCUT2D eigenvalue weighted by Crippen LogP contribution is 2.45. The van der Waals surface area contributed by atoms with E-state index in [1.165, 1.54) is 27.8 Å². The van der Waals surface area contributed by atoms with Gasteiger partial charge in [0.2, 0.25) is 0 Å². The lowest BCUT2D eigenvalue weighted by molar-refractivity contribution is -0.0331. The van der Waals surface area contributed by atoms with Crippen molar-refractivity contribution in [2.24, 2.45) is 0 Å². The van der Waals surface area contributed by atoms with Gasteiger partial charge in [0.15, 0.2) is 0 Å². The molecule has 0 saturated carbocycles. The first kappa shape index (κ1) is 22.2. The van der Waals surface area contributed by atoms with Crippen molar-refractivity contribution in [1.29, 1.82) is 0 Å². The average Bonchev–Trinajstić information content (AvgIpc) is 3.20. The maximum atomic E-state index is 13.4. The number of nitrogens with zero attached hydrogens (tertiary/aromatic N) is 1. The van der Waals surface area contributed by atoms with E-state index in [4.69, 9.17) is 25.8 Å². The van der Waals surface area contributed by atoms with E-state index in [1.54, 1.807) is 7.11 Å². The molecular formula is C29H26ClNO4. The SMILES string of the molecule is COc1cc(C2=CC3COCC(C2)N3C(=O)OCC2c3ccccc3-c3ccccc32)ccc1Cl. The van der Waals surface area contributed by atoms with Crippen LogP contribution in [0.4, 0.5) is 4.79 Å². The van der Waals surface area contributed by atoms with Crippen LogP contribution in [0.5, 0.6) is 5.75 Å². The fraction of sp³-hybridized carbons (Fsp3) is 0.276. The third-order valence-corrected chi connectivity index (χ3v) is 7.58. The maximum Gasteiger partial charge on any atom is 0.410 e. The Morgan fingerprint density at radius 3 is 2.43 bits per heavy atom. The number of carbonyl (C=O) groups is 1. The summed E-state index contributed by atoms with van der Waals surface area (Å²) in [5, 5.41) is 0.580. The number of benzene rings is 3. The molecule has 2 heterocycles. The van der Waals surface area contributed by atoms with Crippen LogP contribution < -0.4 is 4.74 Å². The highest BCUT2D eigenvalue weighted by atomic mass is 35.5. The minimum atomic E-state index is -0.283. The summed E-state index contributed by atoms with van der Waals surface area (Å²) >= 11 is 6.21. The highest BCUT2D eigenvalue weighted by molar-refractivity contribution is 6.32. The number of rotatable bonds is 4. The molecule has 6 heteroatoms. The third kappa shape index (κ3) is 3.89. The van der Waals surface area contributed by atoms with Crippen LogP contribution in [-0.2, 0) is 9.47 Å². The van der Waals surface area contributed by atoms with Gasteiger partial charge in [-0.15, -0.1) is 0 Å². The zero-order valence-corrected chi connectivity index (χ0v) is 20.2. The predicted octanol–water partition coefficient (Wildman–Crippen LogP) is 6.15. The molecule has 3 aromatic carbocycles. The quantitative estimate of drug-likeness (QED) is 0.442. The molecule has 178 valence electrons. The van der Waals surface area contributed by atoms with Crippen molar-refractivity contribution in [3.8, 4) is 16.9 Å². The highest BCUT2D eigenvalue weighted by Gasteiger charge is 2.40. The molecule has 1 saturated heterocycles. The van der Waals surface area contributed by atoms with Crippen LogP contribution in [0.2, 0.25) is 5.02 Å². The van der Waals surface area contributed by atoms with Gasteiger partial charge in [-0.05, 0) is 51.9 Å². The number of carbonyl (C=O) groups excluding carboxylic acids is 1. The third-order valence-electron chi connectivity index (χ3n) is 7.27. The summed E-state index contributed by atoms with van der Waals surface area (Å²) in [6, 6.07) is 22.3. The van der Waals surface area contributed by atoms with E-state index in [2.05, 4.69) is 42.5 Å². The molecule has 2 atom stereocenters. The lowest BCUT2D eigenvalue weighted by Gasteiger charge is -2.44. The van der Waals surface area contributed by atoms with Crippen molar-refractivity contribution in [1.82, 2.24) is 4.90 Å². The van der Waals surface area contributed by atoms with Crippen LogP contribution >= 0.6 is 11.6 Å². The molecule has 2 bridgehead atoms. The molecule has 2 unspecified atom stereocenters. The molecule has 2 aliphatic heterocycles. The Morgan fingerprint density at radius 2 is 1.74 bits per heavy atom. The Morgan fingerprint density at radius 1 is 1.03 bits per heavy atom. The predicted molar refractivity (Wildman–Crippen MR) is 136 cm³/mol. The molecule has 1 aliphatic carbocycles. The van der Waals surface area contributed by atoms with Crippen LogP contribution in [-0.4, -0.2) is 50.0 Å². The van der Waals surface area contributed by atoms with Crippen molar-refractivity contribution >= 4 is 23.3 Å². The Bertz CT molecular complexity index is 1270. The van der Waals surface area contributed by atoms with Crippen LogP contribution in [0, 0.1) is 0 Å². The first-order valence-corrected chi connectivity index (χ1v) is 12.3. The topological polar surface area (TPSA) is 48.0 Å². The molecule has 35 heavy (non-hydrogen) atoms. The fourth-order valence-electron chi connectivity index (χ4n) is 5.62. The van der Waals surface area contributed by atoms with Gasteiger partial charge in [-0.1, -0.05) is 72.3 Å². The van der Waals surface area contributed by atoms with Crippen molar-refractivity contribution in [3.05, 3.63) is 94.5 Å². The average molecular weight is 488 g/mol. The van der Waals surface area contributed by atoms with Gasteiger partial charge in [0, 0.05) is 5.92 Å². The maximum absolute atomic E-state index is 13.4. The number of ether oxygens (including phenoxy) is 3. The summed E-state index contributed by atoms with van der Waals surface area (Å²) in [5.74, 6) is 0.685. The monoisotopic (exact) mass is 487 g/mol. The van der Waals surface area contributed by atoms with Crippen molar-refractivity contribution in [2.75, 3.05) is 26.9 Å². The molecule has 1 amide bonds. The lowest BCUT2D eigenvalue weighted by Crippen LogP contribution is -2.56. The first-order valence-electron chi connectivity index (χ1n) is 11.9. The van der Waals surface area contributed by atoms with E-state index < -0.39 is 0 Å². The van der Waals surface area contributed by atoms with Gasteiger partial charge < -0.3 is 14.2 Å². The van der Waals surface area contributed by atoms with E-state index in [0.717, 1.165) is 5.56 Å². The summed E-state index contributed by atoms with van der Waals surface area (Å²) in [4.78, 5) is 15.2. The van der Waals surface area contributed by atoms with Gasteiger partial charge >= 0.3 is 6.09 Å². The van der Waals surface area contributed by atoms with Crippen molar-refractivity contribution < 1.29 is 19.0 Å². The number of hydrogen-bond donors (Lipinski definition) is 0. The Hall–Kier alpha value is -3.28. The van der Waals surface area contributed by atoms with Crippen LogP contribution in [0.1, 0.15) is 29.0 Å². The summed E-state index contributed by atoms with van der Waals surface area (Å²) in [7, 11) is 1.61. The molecule has 0 N–H and O–H groups in total. The minimum absolute atomic E-state index is 0.0415. The number of fused-ring (bicyclic) bond motifs is 5. The Labute approximate surface area is 209 Å². The zero-order chi connectivity index (χ0) is 23.9. The van der Waals surface area contributed by atoms with Crippen LogP contribution in [0.25, 0.3) is 16.7 Å². The van der Waals surface area contributed by atoms with Gasteiger partial charge in [0.25, 0.3) is 0 Å². The second-order valence-corrected chi connectivity index (χ2v) is 9.62. The van der Waals surface area contributed by atoms with Crippen LogP contribution in [0.15, 0.2) is 72.8 Å². The molecule has 3 aliphatic rings. The molecule has 1 fully saturated rings. The van der Waals surface area contributed by atoms with Gasteiger partial charge in [-0.25, -0.2) is 4.79 Å². The largest absolute Gasteiger partial charge is 0.495 e. The van der Waals surface area contributed by atoms with Gasteiger partial charge in [-0.3, -0.25) is 4.90 Å². The lowest BCUT2D eigenvalue weighted by atomic mass is 9.90. The van der Waals surface area contributed by atoms with E-state index in [1.807, 2.05) is 35.2 Å². The molecule has 6 rings (SSSR count).